The Bertz CT molecular complexity index is 834. The second-order valence-corrected chi connectivity index (χ2v) is 8.17. The standard InChI is InChI=1S/C16H21N5O3S/c1-2-25(23,24)20-11-14-6-8-19-21(14)15(12-20)9-16(22)18-10-13-5-3-4-7-17-13/h3-8,15H,2,9-12H2,1H3,(H,18,22)/t15-/m0/s1. The molecule has 0 fully saturated rings. The van der Waals surface area contributed by atoms with Crippen LogP contribution in [0.5, 0.6) is 0 Å². The number of amides is 1. The highest BCUT2D eigenvalue weighted by Gasteiger charge is 2.32. The lowest BCUT2D eigenvalue weighted by molar-refractivity contribution is -0.122. The molecule has 3 rings (SSSR count). The van der Waals surface area contributed by atoms with Crippen LogP contribution in [0.15, 0.2) is 36.7 Å². The number of aromatic nitrogens is 3. The van der Waals surface area contributed by atoms with Crippen LogP contribution >= 0.6 is 0 Å². The third-order valence-electron chi connectivity index (χ3n) is 4.22. The first kappa shape index (κ1) is 17.6. The molecule has 1 N–H and O–H groups in total. The van der Waals surface area contributed by atoms with Gasteiger partial charge in [0.15, 0.2) is 0 Å². The van der Waals surface area contributed by atoms with E-state index in [2.05, 4.69) is 15.4 Å². The molecule has 0 unspecified atom stereocenters. The zero-order valence-electron chi connectivity index (χ0n) is 14.0. The second kappa shape index (κ2) is 7.32. The predicted octanol–water partition coefficient (Wildman–Crippen LogP) is 0.691. The summed E-state index contributed by atoms with van der Waals surface area (Å²) >= 11 is 0. The van der Waals surface area contributed by atoms with Gasteiger partial charge in [-0.2, -0.15) is 9.40 Å². The molecular weight excluding hydrogens is 342 g/mol. The summed E-state index contributed by atoms with van der Waals surface area (Å²) in [4.78, 5) is 16.5. The van der Waals surface area contributed by atoms with Gasteiger partial charge in [0.25, 0.3) is 0 Å². The van der Waals surface area contributed by atoms with E-state index in [4.69, 9.17) is 0 Å². The molecule has 0 aromatic carbocycles. The summed E-state index contributed by atoms with van der Waals surface area (Å²) in [7, 11) is -3.32. The molecule has 0 aliphatic carbocycles. The molecule has 25 heavy (non-hydrogen) atoms. The number of pyridine rings is 1. The highest BCUT2D eigenvalue weighted by atomic mass is 32.2. The first-order valence-corrected chi connectivity index (χ1v) is 9.77. The fraction of sp³-hybridized carbons (Fsp3) is 0.438. The Morgan fingerprint density at radius 3 is 2.88 bits per heavy atom. The average Bonchev–Trinajstić information content (AvgIpc) is 3.10. The summed E-state index contributed by atoms with van der Waals surface area (Å²) < 4.78 is 27.6. The number of nitrogens with one attached hydrogen (secondary N) is 1. The lowest BCUT2D eigenvalue weighted by atomic mass is 10.1. The smallest absolute Gasteiger partial charge is 0.222 e. The third-order valence-corrected chi connectivity index (χ3v) is 6.02. The molecule has 0 bridgehead atoms. The molecule has 0 saturated heterocycles. The van der Waals surface area contributed by atoms with Crippen molar-refractivity contribution in [2.45, 2.75) is 32.5 Å². The number of hydrogen-bond acceptors (Lipinski definition) is 5. The van der Waals surface area contributed by atoms with Crippen LogP contribution in [-0.2, 0) is 27.9 Å². The van der Waals surface area contributed by atoms with E-state index in [0.29, 0.717) is 13.1 Å². The number of fused-ring (bicyclic) bond motifs is 1. The van der Waals surface area contributed by atoms with Crippen LogP contribution in [0.3, 0.4) is 0 Å². The number of carbonyl (C=O) groups is 1. The summed E-state index contributed by atoms with van der Waals surface area (Å²) in [6, 6.07) is 6.98. The quantitative estimate of drug-likeness (QED) is 0.814. The highest BCUT2D eigenvalue weighted by Crippen LogP contribution is 2.25. The van der Waals surface area contributed by atoms with Crippen LogP contribution in [0.2, 0.25) is 0 Å². The maximum atomic E-state index is 12.3. The molecule has 134 valence electrons. The zero-order valence-corrected chi connectivity index (χ0v) is 14.8. The van der Waals surface area contributed by atoms with E-state index < -0.39 is 10.0 Å². The molecule has 2 aromatic rings. The molecule has 0 saturated carbocycles. The second-order valence-electron chi connectivity index (χ2n) is 5.92. The van der Waals surface area contributed by atoms with Crippen molar-refractivity contribution < 1.29 is 13.2 Å². The van der Waals surface area contributed by atoms with Crippen LogP contribution < -0.4 is 5.32 Å². The van der Waals surface area contributed by atoms with E-state index in [1.54, 1.807) is 30.1 Å². The molecule has 8 nitrogen and oxygen atoms in total. The lowest BCUT2D eigenvalue weighted by Gasteiger charge is -2.32. The first-order valence-electron chi connectivity index (χ1n) is 8.16. The topological polar surface area (TPSA) is 97.2 Å². The largest absolute Gasteiger partial charge is 0.350 e. The lowest BCUT2D eigenvalue weighted by Crippen LogP contribution is -2.43. The molecular formula is C16H21N5O3S. The summed E-state index contributed by atoms with van der Waals surface area (Å²) in [6.07, 6.45) is 3.47. The Morgan fingerprint density at radius 2 is 2.16 bits per heavy atom. The van der Waals surface area contributed by atoms with Crippen molar-refractivity contribution >= 4 is 15.9 Å². The minimum atomic E-state index is -3.32. The maximum Gasteiger partial charge on any atom is 0.222 e. The Balaban J connectivity index is 1.67. The summed E-state index contributed by atoms with van der Waals surface area (Å²) in [5.74, 6) is -0.118. The fourth-order valence-corrected chi connectivity index (χ4v) is 3.97. The monoisotopic (exact) mass is 363 g/mol. The van der Waals surface area contributed by atoms with Gasteiger partial charge in [-0.25, -0.2) is 8.42 Å². The van der Waals surface area contributed by atoms with Gasteiger partial charge in [0, 0.05) is 18.9 Å². The molecule has 0 spiro atoms. The van der Waals surface area contributed by atoms with E-state index in [1.165, 1.54) is 4.31 Å². The number of hydrogen-bond donors (Lipinski definition) is 1. The average molecular weight is 363 g/mol. The SMILES string of the molecule is CCS(=O)(=O)N1Cc2ccnn2[C@@H](CC(=O)NCc2ccccn2)C1. The van der Waals surface area contributed by atoms with Crippen molar-refractivity contribution in [1.82, 2.24) is 24.4 Å². The van der Waals surface area contributed by atoms with Crippen molar-refractivity contribution in [3.8, 4) is 0 Å². The van der Waals surface area contributed by atoms with Crippen LogP contribution in [0.25, 0.3) is 0 Å². The molecule has 3 heterocycles. The number of carbonyl (C=O) groups excluding carboxylic acids is 1. The fourth-order valence-electron chi connectivity index (χ4n) is 2.88. The van der Waals surface area contributed by atoms with Gasteiger partial charge in [-0.1, -0.05) is 6.07 Å². The minimum Gasteiger partial charge on any atom is -0.350 e. The van der Waals surface area contributed by atoms with Crippen molar-refractivity contribution in [3.63, 3.8) is 0 Å². The number of rotatable bonds is 6. The summed E-state index contributed by atoms with van der Waals surface area (Å²) in [5, 5.41) is 7.08. The van der Waals surface area contributed by atoms with Crippen molar-refractivity contribution in [1.29, 1.82) is 0 Å². The highest BCUT2D eigenvalue weighted by molar-refractivity contribution is 7.89. The molecule has 1 amide bonds. The van der Waals surface area contributed by atoms with Crippen molar-refractivity contribution in [2.24, 2.45) is 0 Å². The minimum absolute atomic E-state index is 0.0414. The van der Waals surface area contributed by atoms with Crippen LogP contribution in [-0.4, -0.2) is 45.7 Å². The summed E-state index contributed by atoms with van der Waals surface area (Å²) in [6.45, 7) is 2.51. The normalized spacial score (nSPS) is 17.9. The van der Waals surface area contributed by atoms with Gasteiger partial charge < -0.3 is 5.32 Å². The number of nitrogens with zero attached hydrogens (tertiary/aromatic N) is 4. The van der Waals surface area contributed by atoms with Crippen molar-refractivity contribution in [3.05, 3.63) is 48.0 Å². The molecule has 9 heteroatoms. The molecule has 1 atom stereocenters. The van der Waals surface area contributed by atoms with Crippen LogP contribution in [0, 0.1) is 0 Å². The van der Waals surface area contributed by atoms with Gasteiger partial charge in [0.2, 0.25) is 15.9 Å². The Morgan fingerprint density at radius 1 is 1.32 bits per heavy atom. The number of sulfonamides is 1. The van der Waals surface area contributed by atoms with Gasteiger partial charge in [-0.3, -0.25) is 14.5 Å². The van der Waals surface area contributed by atoms with Gasteiger partial charge in [-0.15, -0.1) is 0 Å². The van der Waals surface area contributed by atoms with E-state index in [0.717, 1.165) is 11.4 Å². The predicted molar refractivity (Wildman–Crippen MR) is 91.8 cm³/mol. The van der Waals surface area contributed by atoms with Crippen LogP contribution in [0.1, 0.15) is 30.8 Å². The molecule has 2 aromatic heterocycles. The third kappa shape index (κ3) is 4.05. The maximum absolute atomic E-state index is 12.3. The van der Waals surface area contributed by atoms with Crippen molar-refractivity contribution in [2.75, 3.05) is 12.3 Å². The molecule has 1 aliphatic heterocycles. The van der Waals surface area contributed by atoms with E-state index >= 15 is 0 Å². The van der Waals surface area contributed by atoms with Gasteiger partial charge >= 0.3 is 0 Å². The van der Waals surface area contributed by atoms with Gasteiger partial charge in [0.1, 0.15) is 0 Å². The Hall–Kier alpha value is -2.26. The first-order chi connectivity index (χ1) is 12.0. The Labute approximate surface area is 146 Å². The van der Waals surface area contributed by atoms with Gasteiger partial charge in [-0.05, 0) is 25.1 Å². The van der Waals surface area contributed by atoms with Crippen LogP contribution in [0.4, 0.5) is 0 Å². The molecule has 0 radical (unpaired) electrons. The van der Waals surface area contributed by atoms with Gasteiger partial charge in [0.05, 0.1) is 42.7 Å². The molecule has 1 aliphatic rings. The van der Waals surface area contributed by atoms with E-state index in [1.807, 2.05) is 18.2 Å². The zero-order chi connectivity index (χ0) is 17.9. The van der Waals surface area contributed by atoms with E-state index in [-0.39, 0.29) is 30.7 Å². The Kier molecular flexibility index (Phi) is 5.14. The van der Waals surface area contributed by atoms with E-state index in [9.17, 15) is 13.2 Å². The summed E-state index contributed by atoms with van der Waals surface area (Å²) in [5.41, 5.74) is 1.57.